The molecule has 0 aromatic carbocycles. The summed E-state index contributed by atoms with van der Waals surface area (Å²) in [7, 11) is 0. The van der Waals surface area contributed by atoms with Gasteiger partial charge >= 0.3 is 0 Å². The van der Waals surface area contributed by atoms with E-state index in [1.807, 2.05) is 11.3 Å². The van der Waals surface area contributed by atoms with Crippen LogP contribution in [0.1, 0.15) is 90.4 Å². The average molecular weight is 422 g/mol. The van der Waals surface area contributed by atoms with Crippen molar-refractivity contribution in [3.8, 4) is 0 Å². The fourth-order valence-corrected chi connectivity index (χ4v) is 6.37. The second kappa shape index (κ2) is 9.44. The van der Waals surface area contributed by atoms with Crippen LogP contribution >= 0.6 is 23.6 Å². The number of hydrogen-bond acceptors (Lipinski definition) is 3. The van der Waals surface area contributed by atoms with Gasteiger partial charge in [0.05, 0.1) is 6.54 Å². The highest BCUT2D eigenvalue weighted by atomic mass is 32.1. The minimum atomic E-state index is 0.121. The Bertz CT molecular complexity index is 600. The van der Waals surface area contributed by atoms with E-state index in [4.69, 9.17) is 12.2 Å². The molecule has 0 bridgehead atoms. The standard InChI is InChI=1S/C23H39N3S2/c1-22(2)15-19(16-23(3,4)25-22)26(17-20-13-10-14-28-20)21(27)24-18-11-8-6-5-7-9-12-18/h10,13-14,18-19,25H,5-9,11-12,15-17H2,1-4H3,(H,24,27). The van der Waals surface area contributed by atoms with Gasteiger partial charge in [0.1, 0.15) is 0 Å². The Morgan fingerprint density at radius 3 is 2.29 bits per heavy atom. The van der Waals surface area contributed by atoms with Crippen molar-refractivity contribution < 1.29 is 0 Å². The Morgan fingerprint density at radius 1 is 1.11 bits per heavy atom. The molecule has 0 unspecified atom stereocenters. The summed E-state index contributed by atoms with van der Waals surface area (Å²) in [6.45, 7) is 10.2. The zero-order valence-corrected chi connectivity index (χ0v) is 19.9. The summed E-state index contributed by atoms with van der Waals surface area (Å²) in [6.07, 6.45) is 11.6. The maximum Gasteiger partial charge on any atom is 0.169 e. The predicted octanol–water partition coefficient (Wildman–Crippen LogP) is 5.85. The highest BCUT2D eigenvalue weighted by Gasteiger charge is 2.40. The fourth-order valence-electron chi connectivity index (χ4n) is 5.28. The zero-order chi connectivity index (χ0) is 20.2. The average Bonchev–Trinajstić information content (AvgIpc) is 3.05. The van der Waals surface area contributed by atoms with Gasteiger partial charge in [0.2, 0.25) is 0 Å². The van der Waals surface area contributed by atoms with Gasteiger partial charge in [-0.3, -0.25) is 0 Å². The van der Waals surface area contributed by atoms with E-state index in [-0.39, 0.29) is 11.1 Å². The van der Waals surface area contributed by atoms with E-state index >= 15 is 0 Å². The Hall–Kier alpha value is -0.650. The topological polar surface area (TPSA) is 27.3 Å². The van der Waals surface area contributed by atoms with Crippen molar-refractivity contribution in [3.63, 3.8) is 0 Å². The van der Waals surface area contributed by atoms with E-state index < -0.39 is 0 Å². The molecule has 1 aliphatic heterocycles. The van der Waals surface area contributed by atoms with Crippen LogP contribution in [0.5, 0.6) is 0 Å². The van der Waals surface area contributed by atoms with Crippen molar-refractivity contribution in [1.29, 1.82) is 0 Å². The van der Waals surface area contributed by atoms with Gasteiger partial charge in [0.15, 0.2) is 5.11 Å². The third kappa shape index (κ3) is 6.43. The van der Waals surface area contributed by atoms with E-state index in [1.165, 1.54) is 49.8 Å². The molecule has 5 heteroatoms. The monoisotopic (exact) mass is 421 g/mol. The molecule has 0 radical (unpaired) electrons. The number of hydrogen-bond donors (Lipinski definition) is 2. The summed E-state index contributed by atoms with van der Waals surface area (Å²) >= 11 is 7.88. The minimum Gasteiger partial charge on any atom is -0.360 e. The molecule has 158 valence electrons. The van der Waals surface area contributed by atoms with Crippen molar-refractivity contribution in [1.82, 2.24) is 15.5 Å². The van der Waals surface area contributed by atoms with Crippen LogP contribution in [-0.4, -0.2) is 33.2 Å². The van der Waals surface area contributed by atoms with Gasteiger partial charge in [-0.2, -0.15) is 0 Å². The first-order valence-corrected chi connectivity index (χ1v) is 12.4. The first kappa shape index (κ1) is 22.0. The SMILES string of the molecule is CC1(C)CC(N(Cc2cccs2)C(=S)NC2CCCCCCC2)CC(C)(C)N1. The van der Waals surface area contributed by atoms with Crippen LogP contribution in [0, 0.1) is 0 Å². The predicted molar refractivity (Wildman–Crippen MR) is 126 cm³/mol. The molecule has 1 aromatic rings. The van der Waals surface area contributed by atoms with Crippen LogP contribution < -0.4 is 10.6 Å². The second-order valence-corrected chi connectivity index (χ2v) is 11.6. The summed E-state index contributed by atoms with van der Waals surface area (Å²) in [5, 5.41) is 10.8. The molecule has 0 spiro atoms. The summed E-state index contributed by atoms with van der Waals surface area (Å²) in [5.41, 5.74) is 0.242. The number of thiocarbonyl (C=S) groups is 1. The van der Waals surface area contributed by atoms with E-state index in [0.29, 0.717) is 12.1 Å². The van der Waals surface area contributed by atoms with Crippen molar-refractivity contribution in [2.24, 2.45) is 0 Å². The molecule has 0 amide bonds. The Morgan fingerprint density at radius 2 is 1.71 bits per heavy atom. The molecule has 1 saturated heterocycles. The first-order valence-electron chi connectivity index (χ1n) is 11.1. The molecule has 3 nitrogen and oxygen atoms in total. The third-order valence-electron chi connectivity index (χ3n) is 6.21. The van der Waals surface area contributed by atoms with Crippen molar-refractivity contribution in [2.45, 2.75) is 115 Å². The Balaban J connectivity index is 1.75. The van der Waals surface area contributed by atoms with Crippen molar-refractivity contribution >= 4 is 28.7 Å². The van der Waals surface area contributed by atoms with Crippen LogP contribution in [0.2, 0.25) is 0 Å². The largest absolute Gasteiger partial charge is 0.360 e. The lowest BCUT2D eigenvalue weighted by atomic mass is 9.79. The highest BCUT2D eigenvalue weighted by Crippen LogP contribution is 2.33. The number of rotatable bonds is 4. The van der Waals surface area contributed by atoms with Crippen LogP contribution in [-0.2, 0) is 6.54 Å². The second-order valence-electron chi connectivity index (χ2n) is 10.2. The summed E-state index contributed by atoms with van der Waals surface area (Å²) < 4.78 is 0. The van der Waals surface area contributed by atoms with Gasteiger partial charge in [-0.05, 0) is 77.0 Å². The molecule has 1 aliphatic carbocycles. The van der Waals surface area contributed by atoms with E-state index in [0.717, 1.165) is 24.5 Å². The van der Waals surface area contributed by atoms with Crippen LogP contribution in [0.25, 0.3) is 0 Å². The van der Waals surface area contributed by atoms with Crippen molar-refractivity contribution in [3.05, 3.63) is 22.4 Å². The lowest BCUT2D eigenvalue weighted by Crippen LogP contribution is -2.63. The number of nitrogens with one attached hydrogen (secondary N) is 2. The van der Waals surface area contributed by atoms with E-state index in [2.05, 4.69) is 60.7 Å². The molecule has 1 saturated carbocycles. The Labute approximate surface area is 181 Å². The van der Waals surface area contributed by atoms with Gasteiger partial charge in [0, 0.05) is 28.0 Å². The molecular weight excluding hydrogens is 382 g/mol. The Kier molecular flexibility index (Phi) is 7.43. The molecule has 3 rings (SSSR count). The van der Waals surface area contributed by atoms with Gasteiger partial charge in [0.25, 0.3) is 0 Å². The number of nitrogens with zero attached hydrogens (tertiary/aromatic N) is 1. The van der Waals surface area contributed by atoms with E-state index in [9.17, 15) is 0 Å². The normalized spacial score (nSPS) is 23.6. The zero-order valence-electron chi connectivity index (χ0n) is 18.2. The summed E-state index contributed by atoms with van der Waals surface area (Å²) in [4.78, 5) is 3.90. The van der Waals surface area contributed by atoms with Crippen molar-refractivity contribution in [2.75, 3.05) is 0 Å². The number of thiophene rings is 1. The molecular formula is C23H39N3S2. The molecule has 1 aromatic heterocycles. The van der Waals surface area contributed by atoms with Crippen LogP contribution in [0.15, 0.2) is 17.5 Å². The molecule has 2 heterocycles. The molecule has 2 fully saturated rings. The van der Waals surface area contributed by atoms with Gasteiger partial charge in [-0.15, -0.1) is 11.3 Å². The molecule has 28 heavy (non-hydrogen) atoms. The summed E-state index contributed by atoms with van der Waals surface area (Å²) in [5.74, 6) is 0. The maximum atomic E-state index is 6.04. The maximum absolute atomic E-state index is 6.04. The van der Waals surface area contributed by atoms with Gasteiger partial charge < -0.3 is 15.5 Å². The molecule has 0 atom stereocenters. The smallest absolute Gasteiger partial charge is 0.169 e. The minimum absolute atomic E-state index is 0.121. The quantitative estimate of drug-likeness (QED) is 0.597. The molecule has 2 N–H and O–H groups in total. The van der Waals surface area contributed by atoms with Gasteiger partial charge in [-0.1, -0.05) is 38.2 Å². The van der Waals surface area contributed by atoms with E-state index in [1.54, 1.807) is 0 Å². The first-order chi connectivity index (χ1) is 13.2. The van der Waals surface area contributed by atoms with Gasteiger partial charge in [-0.25, -0.2) is 0 Å². The lowest BCUT2D eigenvalue weighted by molar-refractivity contribution is 0.0994. The summed E-state index contributed by atoms with van der Waals surface area (Å²) in [6, 6.07) is 5.40. The van der Waals surface area contributed by atoms with Crippen LogP contribution in [0.3, 0.4) is 0 Å². The number of piperidine rings is 1. The fraction of sp³-hybridized carbons (Fsp3) is 0.783. The lowest BCUT2D eigenvalue weighted by Gasteiger charge is -2.50. The third-order valence-corrected chi connectivity index (χ3v) is 7.42. The highest BCUT2D eigenvalue weighted by molar-refractivity contribution is 7.80. The van der Waals surface area contributed by atoms with Crippen LogP contribution in [0.4, 0.5) is 0 Å². The molecule has 2 aliphatic rings.